The van der Waals surface area contributed by atoms with Crippen LogP contribution in [0.4, 0.5) is 40.1 Å². The van der Waals surface area contributed by atoms with Crippen LogP contribution < -0.4 is 32.0 Å². The van der Waals surface area contributed by atoms with E-state index in [1.807, 2.05) is 36.4 Å². The van der Waals surface area contributed by atoms with Gasteiger partial charge in [-0.1, -0.05) is 24.3 Å². The van der Waals surface area contributed by atoms with Gasteiger partial charge >= 0.3 is 0 Å². The number of hydrogen-bond acceptors (Lipinski definition) is 16. The Morgan fingerprint density at radius 3 is 1.58 bits per heavy atom. The Morgan fingerprint density at radius 1 is 0.627 bits per heavy atom. The summed E-state index contributed by atoms with van der Waals surface area (Å²) in [4.78, 5) is 72.5. The molecule has 20 nitrogen and oxygen atoms in total. The molecule has 0 saturated carbocycles. The van der Waals surface area contributed by atoms with E-state index in [2.05, 4.69) is 57.2 Å². The van der Waals surface area contributed by atoms with Crippen molar-refractivity contribution in [3.63, 3.8) is 0 Å². The highest BCUT2D eigenvalue weighted by atomic mass is 35.5. The maximum atomic E-state index is 12.7. The number of anilines is 5. The lowest BCUT2D eigenvalue weighted by molar-refractivity contribution is -0.385. The number of ether oxygens (including phenoxy) is 2. The van der Waals surface area contributed by atoms with E-state index in [4.69, 9.17) is 26.8 Å². The molecule has 2 fully saturated rings. The lowest BCUT2D eigenvalue weighted by Gasteiger charge is -2.28. The predicted octanol–water partition coefficient (Wildman–Crippen LogP) is 7.13. The molecule has 2 aliphatic rings. The van der Waals surface area contributed by atoms with Crippen molar-refractivity contribution in [2.24, 2.45) is 0 Å². The Labute approximate surface area is 385 Å². The van der Waals surface area contributed by atoms with Crippen molar-refractivity contribution in [3.8, 4) is 22.5 Å². The van der Waals surface area contributed by atoms with E-state index in [1.165, 1.54) is 48.4 Å². The number of nitrogen functional groups attached to an aromatic ring is 1. The Bertz CT molecular complexity index is 3180. The van der Waals surface area contributed by atoms with Crippen molar-refractivity contribution in [1.82, 2.24) is 29.9 Å². The number of aromatic amines is 2. The first kappa shape index (κ1) is 45.2. The number of nitro groups is 2. The first-order valence-electron chi connectivity index (χ1n) is 20.8. The number of benzene rings is 4. The number of H-pyrrole nitrogens is 2. The van der Waals surface area contributed by atoms with Crippen LogP contribution in [0.5, 0.6) is 0 Å². The number of fused-ring (bicyclic) bond motifs is 2. The normalized spacial score (nSPS) is 13.5. The minimum absolute atomic E-state index is 0.0603. The van der Waals surface area contributed by atoms with Crippen LogP contribution >= 0.6 is 11.6 Å². The summed E-state index contributed by atoms with van der Waals surface area (Å²) in [5.41, 5.74) is 11.1. The number of rotatable bonds is 8. The molecule has 0 aliphatic carbocycles. The Balaban J connectivity index is 0.000000152. The summed E-state index contributed by atoms with van der Waals surface area (Å²) in [5.74, 6) is 0.256. The first-order valence-corrected chi connectivity index (χ1v) is 21.2. The third kappa shape index (κ3) is 11.0. The number of non-ortho nitro benzene ring substituents is 2. The van der Waals surface area contributed by atoms with Crippen LogP contribution in [0.2, 0.25) is 5.28 Å². The average molecular weight is 925 g/mol. The number of nitrogens with one attached hydrogen (secondary N) is 3. The van der Waals surface area contributed by atoms with Crippen molar-refractivity contribution >= 4 is 73.5 Å². The Hall–Kier alpha value is -8.33. The van der Waals surface area contributed by atoms with E-state index in [9.17, 15) is 29.8 Å². The van der Waals surface area contributed by atoms with Crippen molar-refractivity contribution in [3.05, 3.63) is 168 Å². The molecule has 6 heterocycles. The topological polar surface area (TPSA) is 267 Å². The highest BCUT2D eigenvalue weighted by Gasteiger charge is 2.17. The molecule has 67 heavy (non-hydrogen) atoms. The number of morpholine rings is 2. The quantitative estimate of drug-likeness (QED) is 0.0511. The Kier molecular flexibility index (Phi) is 14.0. The van der Waals surface area contributed by atoms with Crippen molar-refractivity contribution in [2.45, 2.75) is 0 Å². The summed E-state index contributed by atoms with van der Waals surface area (Å²) in [6.07, 6.45) is 2.94. The van der Waals surface area contributed by atoms with E-state index in [1.54, 1.807) is 30.3 Å². The van der Waals surface area contributed by atoms with Gasteiger partial charge in [0.05, 0.1) is 58.4 Å². The molecule has 0 atom stereocenters. The van der Waals surface area contributed by atoms with Crippen LogP contribution in [0.15, 0.2) is 131 Å². The summed E-state index contributed by atoms with van der Waals surface area (Å²) >= 11 is 5.76. The minimum atomic E-state index is -0.498. The molecule has 0 bridgehead atoms. The molecule has 4 aromatic carbocycles. The average Bonchev–Trinajstić information content (AvgIpc) is 3.35. The minimum Gasteiger partial charge on any atom is -0.399 e. The largest absolute Gasteiger partial charge is 0.399 e. The second-order valence-corrected chi connectivity index (χ2v) is 15.3. The van der Waals surface area contributed by atoms with Gasteiger partial charge in [0.15, 0.2) is 0 Å². The molecule has 21 heteroatoms. The van der Waals surface area contributed by atoms with Gasteiger partial charge < -0.3 is 30.3 Å². The molecular formula is C46H41ClN12O8. The van der Waals surface area contributed by atoms with E-state index in [0.717, 1.165) is 56.5 Å². The van der Waals surface area contributed by atoms with Crippen molar-refractivity contribution < 1.29 is 19.3 Å². The van der Waals surface area contributed by atoms with Crippen LogP contribution in [0.3, 0.4) is 0 Å². The SMILES string of the molecule is Nc1ccc(N2CCOCC2)cc1.O=c1[nH]c(Cl)nc2c(-c3cccc([N+](=O)[O-])c3)nccc12.O=c1[nH]c(Nc2ccc(N3CCOCC3)cc2)nc2c(-c3cccc([N+](=O)[O-])c3)nccc12. The third-order valence-corrected chi connectivity index (χ3v) is 10.8. The van der Waals surface area contributed by atoms with Gasteiger partial charge in [-0.05, 0) is 72.3 Å². The number of nitrogens with two attached hydrogens (primary N) is 1. The molecule has 0 unspecified atom stereocenters. The number of hydrogen-bond donors (Lipinski definition) is 4. The molecule has 2 saturated heterocycles. The molecule has 0 spiro atoms. The molecular weight excluding hydrogens is 884 g/mol. The van der Waals surface area contributed by atoms with E-state index >= 15 is 0 Å². The number of pyridine rings is 2. The molecule has 10 rings (SSSR count). The van der Waals surface area contributed by atoms with E-state index < -0.39 is 9.85 Å². The standard InChI is InChI=1S/C23H20N6O4.C13H7ClN4O3.C10H14N2O/c30-22-19-8-9-24-20(15-2-1-3-18(14-15)29(31)32)21(19)26-23(27-22)25-16-4-6-17(7-5-16)28-10-12-33-13-11-28;14-13-16-11-9(12(19)17-13)4-5-15-10(11)7-2-1-3-8(6-7)18(20)21;11-9-1-3-10(4-2-9)12-5-7-13-8-6-12/h1-9,14H,10-13H2,(H2,25,26,27,30);1-6H,(H,16,17,19);1-4H,5-8,11H2. The molecule has 8 aromatic rings. The zero-order valence-electron chi connectivity index (χ0n) is 35.5. The number of halogens is 1. The molecule has 5 N–H and O–H groups in total. The molecule has 2 aliphatic heterocycles. The number of nitrogens with zero attached hydrogens (tertiary/aromatic N) is 8. The van der Waals surface area contributed by atoms with Gasteiger partial charge in [0.1, 0.15) is 11.0 Å². The second-order valence-electron chi connectivity index (χ2n) is 15.0. The fraction of sp³-hybridized carbons (Fsp3) is 0.174. The zero-order valence-corrected chi connectivity index (χ0v) is 36.3. The fourth-order valence-corrected chi connectivity index (χ4v) is 7.51. The van der Waals surface area contributed by atoms with Gasteiger partial charge in [-0.25, -0.2) is 9.97 Å². The smallest absolute Gasteiger partial charge is 0.270 e. The third-order valence-electron chi connectivity index (χ3n) is 10.7. The van der Waals surface area contributed by atoms with Gasteiger partial charge in [-0.2, -0.15) is 0 Å². The van der Waals surface area contributed by atoms with Crippen LogP contribution in [0.25, 0.3) is 44.3 Å². The fourth-order valence-electron chi connectivity index (χ4n) is 7.34. The summed E-state index contributed by atoms with van der Waals surface area (Å²) in [7, 11) is 0. The van der Waals surface area contributed by atoms with E-state index in [-0.39, 0.29) is 33.7 Å². The second kappa shape index (κ2) is 20.7. The number of nitro benzene ring substituents is 2. The van der Waals surface area contributed by atoms with Crippen LogP contribution in [0.1, 0.15) is 0 Å². The monoisotopic (exact) mass is 924 g/mol. The van der Waals surface area contributed by atoms with Crippen molar-refractivity contribution in [2.75, 3.05) is 73.5 Å². The van der Waals surface area contributed by atoms with Gasteiger partial charge in [-0.15, -0.1) is 0 Å². The summed E-state index contributed by atoms with van der Waals surface area (Å²) in [6.45, 7) is 6.72. The molecule has 0 amide bonds. The summed E-state index contributed by atoms with van der Waals surface area (Å²) < 4.78 is 10.7. The maximum Gasteiger partial charge on any atom is 0.270 e. The van der Waals surface area contributed by atoms with E-state index in [0.29, 0.717) is 57.5 Å². The molecule has 4 aromatic heterocycles. The number of aromatic nitrogens is 6. The maximum absolute atomic E-state index is 12.7. The lowest BCUT2D eigenvalue weighted by atomic mass is 10.1. The van der Waals surface area contributed by atoms with Gasteiger partial charge in [-0.3, -0.25) is 49.8 Å². The summed E-state index contributed by atoms with van der Waals surface area (Å²) in [6, 6.07) is 31.0. The lowest BCUT2D eigenvalue weighted by Crippen LogP contribution is -2.36. The summed E-state index contributed by atoms with van der Waals surface area (Å²) in [5, 5.41) is 25.8. The predicted molar refractivity (Wildman–Crippen MR) is 256 cm³/mol. The Morgan fingerprint density at radius 2 is 1.09 bits per heavy atom. The van der Waals surface area contributed by atoms with Gasteiger partial charge in [0.25, 0.3) is 22.5 Å². The van der Waals surface area contributed by atoms with Crippen LogP contribution in [-0.2, 0) is 9.47 Å². The molecule has 0 radical (unpaired) electrons. The highest BCUT2D eigenvalue weighted by molar-refractivity contribution is 6.28. The van der Waals surface area contributed by atoms with Crippen LogP contribution in [0, 0.1) is 20.2 Å². The van der Waals surface area contributed by atoms with Gasteiger partial charge in [0.2, 0.25) is 11.2 Å². The van der Waals surface area contributed by atoms with Crippen molar-refractivity contribution in [1.29, 1.82) is 0 Å². The molecule has 340 valence electrons. The van der Waals surface area contributed by atoms with Crippen LogP contribution in [-0.4, -0.2) is 92.4 Å². The van der Waals surface area contributed by atoms with Gasteiger partial charge in [0, 0.05) is 96.7 Å². The highest BCUT2D eigenvalue weighted by Crippen LogP contribution is 2.29. The zero-order chi connectivity index (χ0) is 46.9. The first-order chi connectivity index (χ1) is 32.5.